The molecule has 1 aromatic rings. The van der Waals surface area contributed by atoms with Crippen LogP contribution < -0.4 is 10.5 Å². The van der Waals surface area contributed by atoms with E-state index in [1.54, 1.807) is 6.92 Å². The molecular formula is C11H16BrFN2O2S. The van der Waals surface area contributed by atoms with Crippen LogP contribution >= 0.6 is 15.9 Å². The van der Waals surface area contributed by atoms with Crippen LogP contribution in [0.25, 0.3) is 0 Å². The van der Waals surface area contributed by atoms with Crippen LogP contribution in [0.5, 0.6) is 0 Å². The van der Waals surface area contributed by atoms with Crippen LogP contribution in [0.3, 0.4) is 0 Å². The molecule has 0 spiro atoms. The minimum Gasteiger partial charge on any atom is -0.330 e. The topological polar surface area (TPSA) is 72.2 Å². The van der Waals surface area contributed by atoms with Gasteiger partial charge in [-0.2, -0.15) is 0 Å². The maximum atomic E-state index is 13.2. The fraction of sp³-hybridized carbons (Fsp3) is 0.455. The number of sulfonamides is 1. The monoisotopic (exact) mass is 338 g/mol. The van der Waals surface area contributed by atoms with Crippen molar-refractivity contribution in [2.24, 2.45) is 5.73 Å². The maximum absolute atomic E-state index is 13.2. The molecular weight excluding hydrogens is 323 g/mol. The molecule has 0 aliphatic carbocycles. The van der Waals surface area contributed by atoms with E-state index >= 15 is 0 Å². The Morgan fingerprint density at radius 3 is 2.67 bits per heavy atom. The number of hydrogen-bond acceptors (Lipinski definition) is 3. The Hall–Kier alpha value is -0.500. The maximum Gasteiger partial charge on any atom is 0.240 e. The third-order valence-electron chi connectivity index (χ3n) is 2.43. The summed E-state index contributed by atoms with van der Waals surface area (Å²) < 4.78 is 39.8. The summed E-state index contributed by atoms with van der Waals surface area (Å²) in [6, 6.07) is 2.47. The Morgan fingerprint density at radius 2 is 2.06 bits per heavy atom. The quantitative estimate of drug-likeness (QED) is 0.778. The molecule has 1 rings (SSSR count). The van der Waals surface area contributed by atoms with Gasteiger partial charge < -0.3 is 5.73 Å². The van der Waals surface area contributed by atoms with E-state index in [2.05, 4.69) is 20.7 Å². The molecule has 0 radical (unpaired) electrons. The predicted molar refractivity (Wildman–Crippen MR) is 72.3 cm³/mol. The second kappa shape index (κ2) is 6.60. The van der Waals surface area contributed by atoms with Crippen molar-refractivity contribution in [1.82, 2.24) is 4.72 Å². The number of hydrogen-bond donors (Lipinski definition) is 2. The normalized spacial score (nSPS) is 11.8. The largest absolute Gasteiger partial charge is 0.330 e. The molecule has 0 aromatic heterocycles. The fourth-order valence-corrected chi connectivity index (χ4v) is 3.29. The van der Waals surface area contributed by atoms with Gasteiger partial charge in [-0.1, -0.05) is 0 Å². The average molecular weight is 339 g/mol. The Kier molecular flexibility index (Phi) is 5.71. The highest BCUT2D eigenvalue weighted by Crippen LogP contribution is 2.23. The summed E-state index contributed by atoms with van der Waals surface area (Å²) in [6.45, 7) is 2.42. The smallest absolute Gasteiger partial charge is 0.240 e. The highest BCUT2D eigenvalue weighted by Gasteiger charge is 2.18. The van der Waals surface area contributed by atoms with Gasteiger partial charge in [-0.05, 0) is 59.9 Å². The molecule has 0 atom stereocenters. The van der Waals surface area contributed by atoms with Gasteiger partial charge in [-0.25, -0.2) is 17.5 Å². The second-order valence-corrected chi connectivity index (χ2v) is 6.52. The molecule has 1 aromatic carbocycles. The minimum atomic E-state index is -3.60. The van der Waals surface area contributed by atoms with E-state index in [0.29, 0.717) is 25.1 Å². The molecule has 0 heterocycles. The Labute approximate surface area is 115 Å². The van der Waals surface area contributed by atoms with Crippen molar-refractivity contribution in [1.29, 1.82) is 0 Å². The molecule has 0 aliphatic rings. The molecule has 0 saturated carbocycles. The highest BCUT2D eigenvalue weighted by molar-refractivity contribution is 9.10. The molecule has 4 nitrogen and oxygen atoms in total. The lowest BCUT2D eigenvalue weighted by Crippen LogP contribution is -2.26. The number of nitrogens with one attached hydrogen (secondary N) is 1. The minimum absolute atomic E-state index is 0.0866. The molecule has 0 saturated heterocycles. The lowest BCUT2D eigenvalue weighted by Gasteiger charge is -2.10. The van der Waals surface area contributed by atoms with Gasteiger partial charge in [0.15, 0.2) is 0 Å². The van der Waals surface area contributed by atoms with E-state index in [1.165, 1.54) is 12.1 Å². The van der Waals surface area contributed by atoms with Gasteiger partial charge in [0.2, 0.25) is 10.0 Å². The van der Waals surface area contributed by atoms with Crippen LogP contribution in [0.2, 0.25) is 0 Å². The van der Waals surface area contributed by atoms with Crippen molar-refractivity contribution < 1.29 is 12.8 Å². The number of benzene rings is 1. The molecule has 7 heteroatoms. The van der Waals surface area contributed by atoms with Gasteiger partial charge in [0.1, 0.15) is 5.82 Å². The average Bonchev–Trinajstić information content (AvgIpc) is 2.29. The van der Waals surface area contributed by atoms with E-state index in [9.17, 15) is 12.8 Å². The zero-order chi connectivity index (χ0) is 13.8. The van der Waals surface area contributed by atoms with Gasteiger partial charge in [0, 0.05) is 6.54 Å². The van der Waals surface area contributed by atoms with Crippen LogP contribution in [0.1, 0.15) is 18.4 Å². The van der Waals surface area contributed by atoms with Gasteiger partial charge in [0.05, 0.1) is 9.37 Å². The Morgan fingerprint density at radius 1 is 1.39 bits per heavy atom. The van der Waals surface area contributed by atoms with Crippen LogP contribution in [-0.2, 0) is 10.0 Å². The van der Waals surface area contributed by atoms with E-state index in [4.69, 9.17) is 5.73 Å². The summed E-state index contributed by atoms with van der Waals surface area (Å²) >= 11 is 2.98. The van der Waals surface area contributed by atoms with Crippen molar-refractivity contribution in [2.75, 3.05) is 13.1 Å². The molecule has 0 unspecified atom stereocenters. The zero-order valence-electron chi connectivity index (χ0n) is 10.0. The molecule has 3 N–H and O–H groups in total. The second-order valence-electron chi connectivity index (χ2n) is 3.93. The predicted octanol–water partition coefficient (Wildman–Crippen LogP) is 1.91. The number of aryl methyl sites for hydroxylation is 1. The van der Waals surface area contributed by atoms with Crippen molar-refractivity contribution in [3.05, 3.63) is 28.0 Å². The van der Waals surface area contributed by atoms with E-state index < -0.39 is 15.8 Å². The first-order chi connectivity index (χ1) is 8.38. The first kappa shape index (κ1) is 15.6. The molecule has 18 heavy (non-hydrogen) atoms. The third-order valence-corrected chi connectivity index (χ3v) is 4.64. The molecule has 102 valence electrons. The Bertz CT molecular complexity index is 520. The summed E-state index contributed by atoms with van der Waals surface area (Å²) in [6.07, 6.45) is 1.44. The van der Waals surface area contributed by atoms with E-state index in [-0.39, 0.29) is 9.37 Å². The Balaban J connectivity index is 2.88. The number of unbranched alkanes of at least 4 members (excludes halogenated alkanes) is 1. The molecule has 0 bridgehead atoms. The van der Waals surface area contributed by atoms with Crippen molar-refractivity contribution >= 4 is 26.0 Å². The van der Waals surface area contributed by atoms with Crippen LogP contribution in [0.15, 0.2) is 21.5 Å². The first-order valence-electron chi connectivity index (χ1n) is 5.54. The van der Waals surface area contributed by atoms with Crippen molar-refractivity contribution in [3.63, 3.8) is 0 Å². The fourth-order valence-electron chi connectivity index (χ4n) is 1.47. The molecule has 0 fully saturated rings. The van der Waals surface area contributed by atoms with E-state index in [0.717, 1.165) is 6.42 Å². The summed E-state index contributed by atoms with van der Waals surface area (Å²) in [4.78, 5) is 0.0866. The summed E-state index contributed by atoms with van der Waals surface area (Å²) in [5, 5.41) is 0. The molecule has 0 aliphatic heterocycles. The summed E-state index contributed by atoms with van der Waals surface area (Å²) in [5.41, 5.74) is 5.70. The van der Waals surface area contributed by atoms with Crippen molar-refractivity contribution in [2.45, 2.75) is 24.7 Å². The van der Waals surface area contributed by atoms with Gasteiger partial charge in [-0.3, -0.25) is 0 Å². The lowest BCUT2D eigenvalue weighted by atomic mass is 10.2. The molecule has 0 amide bonds. The SMILES string of the molecule is Cc1cc(F)c(Br)cc1S(=O)(=O)NCCCCN. The van der Waals surface area contributed by atoms with Crippen molar-refractivity contribution in [3.8, 4) is 0 Å². The van der Waals surface area contributed by atoms with Crippen LogP contribution in [0.4, 0.5) is 4.39 Å². The highest BCUT2D eigenvalue weighted by atomic mass is 79.9. The summed E-state index contributed by atoms with van der Waals surface area (Å²) in [5.74, 6) is -0.477. The van der Waals surface area contributed by atoms with Crippen LogP contribution in [-0.4, -0.2) is 21.5 Å². The standard InChI is InChI=1S/C11H16BrFN2O2S/c1-8-6-10(13)9(12)7-11(8)18(16,17)15-5-3-2-4-14/h6-7,15H,2-5,14H2,1H3. The summed E-state index contributed by atoms with van der Waals surface area (Å²) in [7, 11) is -3.60. The van der Waals surface area contributed by atoms with Crippen LogP contribution in [0, 0.1) is 12.7 Å². The zero-order valence-corrected chi connectivity index (χ0v) is 12.4. The van der Waals surface area contributed by atoms with Gasteiger partial charge in [-0.15, -0.1) is 0 Å². The number of nitrogens with two attached hydrogens (primary N) is 1. The third kappa shape index (κ3) is 4.01. The van der Waals surface area contributed by atoms with Gasteiger partial charge in [0.25, 0.3) is 0 Å². The number of halogens is 2. The van der Waals surface area contributed by atoms with E-state index in [1.807, 2.05) is 0 Å². The lowest BCUT2D eigenvalue weighted by molar-refractivity contribution is 0.575. The first-order valence-corrected chi connectivity index (χ1v) is 7.81. The van der Waals surface area contributed by atoms with Gasteiger partial charge >= 0.3 is 0 Å². The number of rotatable bonds is 6.